The summed E-state index contributed by atoms with van der Waals surface area (Å²) in [4.78, 5) is 13.5. The van der Waals surface area contributed by atoms with E-state index in [-0.39, 0.29) is 0 Å². The van der Waals surface area contributed by atoms with E-state index in [2.05, 4.69) is 48.3 Å². The lowest BCUT2D eigenvalue weighted by atomic mass is 9.91. The maximum Gasteiger partial charge on any atom is 0.335 e. The van der Waals surface area contributed by atoms with Crippen LogP contribution < -0.4 is 5.32 Å². The summed E-state index contributed by atoms with van der Waals surface area (Å²) in [7, 11) is 0. The maximum absolute atomic E-state index is 10.9. The highest BCUT2D eigenvalue weighted by Gasteiger charge is 2.21. The van der Waals surface area contributed by atoms with Gasteiger partial charge in [0.1, 0.15) is 0 Å². The summed E-state index contributed by atoms with van der Waals surface area (Å²) in [5.41, 5.74) is 4.06. The second kappa shape index (κ2) is 9.16. The van der Waals surface area contributed by atoms with Gasteiger partial charge >= 0.3 is 5.97 Å². The van der Waals surface area contributed by atoms with Gasteiger partial charge in [-0.1, -0.05) is 50.2 Å². The fraction of sp³-hybridized carbons (Fsp3) is 0.435. The Morgan fingerprint density at radius 1 is 0.926 bits per heavy atom. The molecule has 1 aliphatic rings. The topological polar surface area (TPSA) is 52.6 Å². The molecule has 0 bridgehead atoms. The van der Waals surface area contributed by atoms with Gasteiger partial charge in [0.05, 0.1) is 5.56 Å². The standard InChI is InChI=1S/C23H30N2O2/c1-17-11-18(2)15-25(14-17)16-21-5-3-19(4-6-21)12-24-13-20-7-9-22(10-8-20)23(26)27/h3-10,17-18,24H,11-16H2,1-2H3,(H,26,27). The molecule has 2 aromatic carbocycles. The number of hydrogen-bond donors (Lipinski definition) is 2. The Morgan fingerprint density at radius 2 is 1.41 bits per heavy atom. The van der Waals surface area contributed by atoms with E-state index in [4.69, 9.17) is 5.11 Å². The van der Waals surface area contributed by atoms with Crippen molar-refractivity contribution >= 4 is 5.97 Å². The molecule has 4 nitrogen and oxygen atoms in total. The van der Waals surface area contributed by atoms with Crippen LogP contribution in [0.4, 0.5) is 0 Å². The molecule has 27 heavy (non-hydrogen) atoms. The van der Waals surface area contributed by atoms with Gasteiger partial charge in [-0.3, -0.25) is 4.90 Å². The van der Waals surface area contributed by atoms with Crippen molar-refractivity contribution in [2.24, 2.45) is 11.8 Å². The van der Waals surface area contributed by atoms with Crippen LogP contribution in [0, 0.1) is 11.8 Å². The zero-order valence-corrected chi connectivity index (χ0v) is 16.3. The molecule has 3 rings (SSSR count). The molecule has 2 atom stereocenters. The van der Waals surface area contributed by atoms with Gasteiger partial charge in [-0.25, -0.2) is 4.79 Å². The number of benzene rings is 2. The van der Waals surface area contributed by atoms with Crippen molar-refractivity contribution in [3.05, 3.63) is 70.8 Å². The van der Waals surface area contributed by atoms with Gasteiger partial charge in [0, 0.05) is 32.7 Å². The first-order valence-corrected chi connectivity index (χ1v) is 9.82. The lowest BCUT2D eigenvalue weighted by Crippen LogP contribution is -2.38. The predicted molar refractivity (Wildman–Crippen MR) is 109 cm³/mol. The Morgan fingerprint density at radius 3 is 1.93 bits per heavy atom. The Kier molecular flexibility index (Phi) is 6.64. The summed E-state index contributed by atoms with van der Waals surface area (Å²) >= 11 is 0. The van der Waals surface area contributed by atoms with E-state index in [0.29, 0.717) is 5.56 Å². The molecule has 1 saturated heterocycles. The van der Waals surface area contributed by atoms with Gasteiger partial charge in [-0.15, -0.1) is 0 Å². The largest absolute Gasteiger partial charge is 0.478 e. The molecule has 2 aromatic rings. The van der Waals surface area contributed by atoms with Crippen LogP contribution in [0.1, 0.15) is 47.3 Å². The van der Waals surface area contributed by atoms with Crippen molar-refractivity contribution in [2.75, 3.05) is 13.1 Å². The van der Waals surface area contributed by atoms with Crippen LogP contribution in [-0.2, 0) is 19.6 Å². The first-order chi connectivity index (χ1) is 13.0. The third kappa shape index (κ3) is 5.91. The fourth-order valence-corrected chi connectivity index (χ4v) is 4.06. The molecule has 1 aliphatic heterocycles. The number of likely N-dealkylation sites (tertiary alicyclic amines) is 1. The molecular formula is C23H30N2O2. The number of nitrogens with one attached hydrogen (secondary N) is 1. The van der Waals surface area contributed by atoms with E-state index >= 15 is 0 Å². The van der Waals surface area contributed by atoms with Gasteiger partial charge in [0.25, 0.3) is 0 Å². The highest BCUT2D eigenvalue weighted by atomic mass is 16.4. The van der Waals surface area contributed by atoms with Crippen LogP contribution in [0.15, 0.2) is 48.5 Å². The molecule has 2 N–H and O–H groups in total. The third-order valence-corrected chi connectivity index (χ3v) is 5.23. The Hall–Kier alpha value is -2.17. The lowest BCUT2D eigenvalue weighted by molar-refractivity contribution is 0.0697. The number of aromatic carboxylic acids is 1. The van der Waals surface area contributed by atoms with Crippen molar-refractivity contribution in [1.82, 2.24) is 10.2 Å². The molecule has 0 amide bonds. The van der Waals surface area contributed by atoms with Crippen LogP contribution in [0.2, 0.25) is 0 Å². The predicted octanol–water partition coefficient (Wildman–Crippen LogP) is 4.15. The Bertz CT molecular complexity index is 730. The molecule has 4 heteroatoms. The van der Waals surface area contributed by atoms with Gasteiger partial charge < -0.3 is 10.4 Å². The molecule has 0 aromatic heterocycles. The lowest BCUT2D eigenvalue weighted by Gasteiger charge is -2.35. The second-order valence-electron chi connectivity index (χ2n) is 8.06. The quantitative estimate of drug-likeness (QED) is 0.773. The minimum atomic E-state index is -0.886. The smallest absolute Gasteiger partial charge is 0.335 e. The fourth-order valence-electron chi connectivity index (χ4n) is 4.06. The van der Waals surface area contributed by atoms with Crippen LogP contribution in [-0.4, -0.2) is 29.1 Å². The Balaban J connectivity index is 1.45. The number of rotatable bonds is 7. The summed E-state index contributed by atoms with van der Waals surface area (Å²) in [5.74, 6) is 0.701. The Labute approximate surface area is 162 Å². The molecule has 1 heterocycles. The van der Waals surface area contributed by atoms with E-state index in [9.17, 15) is 4.79 Å². The normalized spacial score (nSPS) is 20.5. The van der Waals surface area contributed by atoms with Crippen LogP contribution in [0.3, 0.4) is 0 Å². The van der Waals surface area contributed by atoms with Crippen LogP contribution >= 0.6 is 0 Å². The minimum Gasteiger partial charge on any atom is -0.478 e. The van der Waals surface area contributed by atoms with E-state index in [1.807, 2.05) is 12.1 Å². The molecule has 0 saturated carbocycles. The summed E-state index contributed by atoms with van der Waals surface area (Å²) in [6.45, 7) is 9.68. The molecule has 0 spiro atoms. The van der Waals surface area contributed by atoms with Gasteiger partial charge in [0.15, 0.2) is 0 Å². The summed E-state index contributed by atoms with van der Waals surface area (Å²) in [6.07, 6.45) is 1.35. The first kappa shape index (κ1) is 19.6. The molecule has 144 valence electrons. The van der Waals surface area contributed by atoms with Crippen LogP contribution in [0.5, 0.6) is 0 Å². The molecule has 2 unspecified atom stereocenters. The highest BCUT2D eigenvalue weighted by Crippen LogP contribution is 2.22. The molecular weight excluding hydrogens is 336 g/mol. The van der Waals surface area contributed by atoms with Crippen molar-refractivity contribution in [3.63, 3.8) is 0 Å². The molecule has 1 fully saturated rings. The van der Waals surface area contributed by atoms with E-state index < -0.39 is 5.97 Å². The van der Waals surface area contributed by atoms with Crippen molar-refractivity contribution in [1.29, 1.82) is 0 Å². The van der Waals surface area contributed by atoms with Gasteiger partial charge in [-0.2, -0.15) is 0 Å². The number of piperidine rings is 1. The van der Waals surface area contributed by atoms with Crippen molar-refractivity contribution < 1.29 is 9.90 Å². The number of carboxylic acids is 1. The summed E-state index contributed by atoms with van der Waals surface area (Å²) < 4.78 is 0. The summed E-state index contributed by atoms with van der Waals surface area (Å²) in [6, 6.07) is 15.9. The molecule has 0 radical (unpaired) electrons. The van der Waals surface area contributed by atoms with Crippen LogP contribution in [0.25, 0.3) is 0 Å². The van der Waals surface area contributed by atoms with E-state index in [1.165, 1.54) is 30.6 Å². The minimum absolute atomic E-state index is 0.326. The highest BCUT2D eigenvalue weighted by molar-refractivity contribution is 5.87. The average Bonchev–Trinajstić information content (AvgIpc) is 2.63. The van der Waals surface area contributed by atoms with Crippen molar-refractivity contribution in [2.45, 2.75) is 39.9 Å². The second-order valence-corrected chi connectivity index (χ2v) is 8.06. The van der Waals surface area contributed by atoms with Crippen molar-refractivity contribution in [3.8, 4) is 0 Å². The number of carbonyl (C=O) groups is 1. The first-order valence-electron chi connectivity index (χ1n) is 9.82. The summed E-state index contributed by atoms with van der Waals surface area (Å²) in [5, 5.41) is 12.4. The third-order valence-electron chi connectivity index (χ3n) is 5.23. The average molecular weight is 367 g/mol. The van der Waals surface area contributed by atoms with E-state index in [1.54, 1.807) is 12.1 Å². The molecule has 0 aliphatic carbocycles. The number of hydrogen-bond acceptors (Lipinski definition) is 3. The SMILES string of the molecule is CC1CC(C)CN(Cc2ccc(CNCc3ccc(C(=O)O)cc3)cc2)C1. The monoisotopic (exact) mass is 366 g/mol. The van der Waals surface area contributed by atoms with Gasteiger partial charge in [-0.05, 0) is 47.1 Å². The zero-order valence-electron chi connectivity index (χ0n) is 16.3. The van der Waals surface area contributed by atoms with Gasteiger partial charge in [0.2, 0.25) is 0 Å². The number of nitrogens with zero attached hydrogens (tertiary/aromatic N) is 1. The maximum atomic E-state index is 10.9. The number of carboxylic acid groups (broad SMARTS) is 1. The van der Waals surface area contributed by atoms with E-state index in [0.717, 1.165) is 37.0 Å². The zero-order chi connectivity index (χ0) is 19.2.